The van der Waals surface area contributed by atoms with Crippen LogP contribution in [0.4, 0.5) is 0 Å². The van der Waals surface area contributed by atoms with Crippen LogP contribution in [0.5, 0.6) is 0 Å². The van der Waals surface area contributed by atoms with Crippen molar-refractivity contribution in [2.24, 2.45) is 4.99 Å². The van der Waals surface area contributed by atoms with E-state index in [1.54, 1.807) is 0 Å². The van der Waals surface area contributed by atoms with Gasteiger partial charge in [-0.25, -0.2) is 0 Å². The molecule has 0 bridgehead atoms. The number of fused-ring (bicyclic) bond motifs is 2. The first-order valence-corrected chi connectivity index (χ1v) is 7.19. The van der Waals surface area contributed by atoms with Gasteiger partial charge in [-0.1, -0.05) is 18.2 Å². The molecule has 1 aromatic rings. The normalized spacial score (nSPS) is 21.0. The molecule has 3 aliphatic rings. The Hall–Kier alpha value is -2.07. The summed E-state index contributed by atoms with van der Waals surface area (Å²) >= 11 is 0. The number of nitrogens with one attached hydrogen (secondary N) is 1. The van der Waals surface area contributed by atoms with E-state index in [4.69, 9.17) is 0 Å². The molecule has 3 aliphatic heterocycles. The quantitative estimate of drug-likeness (QED) is 0.776. The molecule has 0 saturated carbocycles. The largest absolute Gasteiger partial charge is 0.367 e. The summed E-state index contributed by atoms with van der Waals surface area (Å²) in [6, 6.07) is 8.30. The zero-order chi connectivity index (χ0) is 13.4. The summed E-state index contributed by atoms with van der Waals surface area (Å²) in [5.74, 6) is 0. The van der Waals surface area contributed by atoms with Gasteiger partial charge in [-0.2, -0.15) is 0 Å². The van der Waals surface area contributed by atoms with Crippen LogP contribution in [0, 0.1) is 0 Å². The van der Waals surface area contributed by atoms with Crippen molar-refractivity contribution < 1.29 is 0 Å². The molecule has 4 nitrogen and oxygen atoms in total. The van der Waals surface area contributed by atoms with Crippen molar-refractivity contribution >= 4 is 6.20 Å². The molecular formula is C16H18N4. The lowest BCUT2D eigenvalue weighted by Gasteiger charge is -2.31. The second-order valence-corrected chi connectivity index (χ2v) is 5.31. The SMILES string of the molecule is C1=C2C(N3CCNCC3)=CCN2C=c2ccccc2=N1. The first-order chi connectivity index (χ1) is 9.92. The molecule has 4 rings (SSSR count). The van der Waals surface area contributed by atoms with E-state index in [9.17, 15) is 0 Å². The van der Waals surface area contributed by atoms with E-state index in [1.165, 1.54) is 16.6 Å². The molecule has 1 fully saturated rings. The number of benzene rings is 1. The van der Waals surface area contributed by atoms with Crippen LogP contribution in [0.1, 0.15) is 0 Å². The van der Waals surface area contributed by atoms with Crippen LogP contribution in [0.25, 0.3) is 6.20 Å². The summed E-state index contributed by atoms with van der Waals surface area (Å²) in [7, 11) is 0. The summed E-state index contributed by atoms with van der Waals surface area (Å²) in [6.07, 6.45) is 6.55. The standard InChI is InChI=1S/C16H18N4/c1-2-4-14-13(3-1)12-20-8-5-15(16(20)11-18-14)19-9-6-17-7-10-19/h1-5,11-12,17H,6-10H2. The Labute approximate surface area is 118 Å². The monoisotopic (exact) mass is 266 g/mol. The third kappa shape index (κ3) is 1.93. The Morgan fingerprint density at radius 2 is 1.90 bits per heavy atom. The van der Waals surface area contributed by atoms with Crippen LogP contribution in [0.3, 0.4) is 0 Å². The lowest BCUT2D eigenvalue weighted by molar-refractivity contribution is 0.301. The molecule has 0 radical (unpaired) electrons. The summed E-state index contributed by atoms with van der Waals surface area (Å²) < 4.78 is 0. The highest BCUT2D eigenvalue weighted by Crippen LogP contribution is 2.26. The van der Waals surface area contributed by atoms with Crippen molar-refractivity contribution in [1.82, 2.24) is 15.1 Å². The molecule has 1 saturated heterocycles. The summed E-state index contributed by atoms with van der Waals surface area (Å²) in [5, 5.41) is 5.64. The maximum absolute atomic E-state index is 4.66. The molecule has 0 aliphatic carbocycles. The van der Waals surface area contributed by atoms with Crippen molar-refractivity contribution in [3.8, 4) is 0 Å². The average Bonchev–Trinajstić information content (AvgIpc) is 2.81. The van der Waals surface area contributed by atoms with Gasteiger partial charge in [0.05, 0.1) is 23.0 Å². The Morgan fingerprint density at radius 3 is 2.80 bits per heavy atom. The molecule has 3 heterocycles. The van der Waals surface area contributed by atoms with Crippen molar-refractivity contribution in [1.29, 1.82) is 0 Å². The summed E-state index contributed by atoms with van der Waals surface area (Å²) in [4.78, 5) is 9.41. The zero-order valence-electron chi connectivity index (χ0n) is 11.4. The molecule has 0 amide bonds. The lowest BCUT2D eigenvalue weighted by atomic mass is 10.2. The highest BCUT2D eigenvalue weighted by atomic mass is 15.3. The molecular weight excluding hydrogens is 248 g/mol. The van der Waals surface area contributed by atoms with Gasteiger partial charge in [0.15, 0.2) is 0 Å². The van der Waals surface area contributed by atoms with Crippen LogP contribution in [0.15, 0.2) is 52.9 Å². The van der Waals surface area contributed by atoms with E-state index < -0.39 is 0 Å². The predicted octanol–water partition coefficient (Wildman–Crippen LogP) is 0.00390. The molecule has 0 spiro atoms. The molecule has 4 heteroatoms. The molecule has 0 atom stereocenters. The second kappa shape index (κ2) is 4.80. The van der Waals surface area contributed by atoms with E-state index in [0.29, 0.717) is 0 Å². The van der Waals surface area contributed by atoms with Crippen LogP contribution >= 0.6 is 0 Å². The van der Waals surface area contributed by atoms with Crippen LogP contribution in [-0.4, -0.2) is 42.5 Å². The fourth-order valence-electron chi connectivity index (χ4n) is 3.01. The van der Waals surface area contributed by atoms with Gasteiger partial charge in [0, 0.05) is 44.1 Å². The number of rotatable bonds is 1. The van der Waals surface area contributed by atoms with Crippen LogP contribution in [-0.2, 0) is 0 Å². The van der Waals surface area contributed by atoms with Gasteiger partial charge in [0.25, 0.3) is 0 Å². The van der Waals surface area contributed by atoms with Gasteiger partial charge in [-0.05, 0) is 12.1 Å². The smallest absolute Gasteiger partial charge is 0.0830 e. The summed E-state index contributed by atoms with van der Waals surface area (Å²) in [6.45, 7) is 5.21. The first-order valence-electron chi connectivity index (χ1n) is 7.19. The highest BCUT2D eigenvalue weighted by Gasteiger charge is 2.24. The van der Waals surface area contributed by atoms with Crippen molar-refractivity contribution in [2.45, 2.75) is 0 Å². The van der Waals surface area contributed by atoms with Gasteiger partial charge < -0.3 is 15.1 Å². The minimum absolute atomic E-state index is 0.939. The van der Waals surface area contributed by atoms with E-state index >= 15 is 0 Å². The first kappa shape index (κ1) is 11.7. The maximum Gasteiger partial charge on any atom is 0.0830 e. The van der Waals surface area contributed by atoms with Crippen LogP contribution in [0.2, 0.25) is 0 Å². The maximum atomic E-state index is 4.66. The van der Waals surface area contributed by atoms with Gasteiger partial charge >= 0.3 is 0 Å². The minimum atomic E-state index is 0.939. The number of para-hydroxylation sites is 1. The lowest BCUT2D eigenvalue weighted by Crippen LogP contribution is -2.43. The fourth-order valence-corrected chi connectivity index (χ4v) is 3.01. The number of piperazine rings is 1. The number of hydrogen-bond donors (Lipinski definition) is 1. The Morgan fingerprint density at radius 1 is 1.05 bits per heavy atom. The molecule has 1 aromatic carbocycles. The van der Waals surface area contributed by atoms with E-state index in [-0.39, 0.29) is 0 Å². The second-order valence-electron chi connectivity index (χ2n) is 5.31. The molecule has 1 N–H and O–H groups in total. The van der Waals surface area contributed by atoms with Crippen LogP contribution < -0.4 is 15.9 Å². The Bertz CT molecular complexity index is 695. The Balaban J connectivity index is 1.72. The highest BCUT2D eigenvalue weighted by molar-refractivity contribution is 5.43. The molecule has 0 unspecified atom stereocenters. The van der Waals surface area contributed by atoms with Crippen molar-refractivity contribution in [3.05, 3.63) is 58.5 Å². The zero-order valence-corrected chi connectivity index (χ0v) is 11.4. The number of nitrogens with zero attached hydrogens (tertiary/aromatic N) is 3. The Kier molecular flexibility index (Phi) is 2.81. The minimum Gasteiger partial charge on any atom is -0.367 e. The van der Waals surface area contributed by atoms with E-state index in [2.05, 4.69) is 50.6 Å². The summed E-state index contributed by atoms with van der Waals surface area (Å²) in [5.41, 5.74) is 2.56. The average molecular weight is 266 g/mol. The topological polar surface area (TPSA) is 30.9 Å². The van der Waals surface area contributed by atoms with Gasteiger partial charge in [0.1, 0.15) is 0 Å². The molecule has 102 valence electrons. The third-order valence-electron chi connectivity index (χ3n) is 4.07. The number of hydrogen-bond acceptors (Lipinski definition) is 4. The fraction of sp³-hybridized carbons (Fsp3) is 0.312. The van der Waals surface area contributed by atoms with E-state index in [1.807, 2.05) is 12.3 Å². The van der Waals surface area contributed by atoms with Gasteiger partial charge in [0.2, 0.25) is 0 Å². The predicted molar refractivity (Wildman–Crippen MR) is 79.0 cm³/mol. The molecule has 0 aromatic heterocycles. The van der Waals surface area contributed by atoms with E-state index in [0.717, 1.165) is 38.1 Å². The van der Waals surface area contributed by atoms with Crippen molar-refractivity contribution in [2.75, 3.05) is 32.7 Å². The van der Waals surface area contributed by atoms with Gasteiger partial charge in [-0.3, -0.25) is 4.99 Å². The van der Waals surface area contributed by atoms with Crippen molar-refractivity contribution in [3.63, 3.8) is 0 Å². The van der Waals surface area contributed by atoms with Gasteiger partial charge in [-0.15, -0.1) is 0 Å². The third-order valence-corrected chi connectivity index (χ3v) is 4.07. The molecule has 20 heavy (non-hydrogen) atoms.